The lowest BCUT2D eigenvalue weighted by Crippen LogP contribution is -2.45. The molecule has 0 radical (unpaired) electrons. The Balaban J connectivity index is 1.90. The van der Waals surface area contributed by atoms with Crippen LogP contribution in [-0.2, 0) is 4.79 Å². The lowest BCUT2D eigenvalue weighted by atomic mass is 9.93. The van der Waals surface area contributed by atoms with Gasteiger partial charge in [-0.1, -0.05) is 13.3 Å². The average molecular weight is 238 g/mol. The van der Waals surface area contributed by atoms with E-state index in [1.54, 1.807) is 0 Å². The van der Waals surface area contributed by atoms with Gasteiger partial charge in [0, 0.05) is 19.0 Å². The van der Waals surface area contributed by atoms with Gasteiger partial charge in [0.15, 0.2) is 0 Å². The van der Waals surface area contributed by atoms with Crippen LogP contribution in [0.3, 0.4) is 0 Å². The molecule has 2 fully saturated rings. The molecule has 3 nitrogen and oxygen atoms in total. The van der Waals surface area contributed by atoms with E-state index in [0.29, 0.717) is 23.7 Å². The van der Waals surface area contributed by atoms with E-state index in [9.17, 15) is 4.79 Å². The molecular formula is C14H26N2O. The van der Waals surface area contributed by atoms with Gasteiger partial charge in [-0.2, -0.15) is 0 Å². The summed E-state index contributed by atoms with van der Waals surface area (Å²) in [4.78, 5) is 14.6. The predicted octanol–water partition coefficient (Wildman–Crippen LogP) is 1.88. The van der Waals surface area contributed by atoms with Gasteiger partial charge in [-0.15, -0.1) is 0 Å². The van der Waals surface area contributed by atoms with E-state index in [4.69, 9.17) is 0 Å². The number of nitrogens with zero attached hydrogens (tertiary/aromatic N) is 1. The van der Waals surface area contributed by atoms with E-state index in [-0.39, 0.29) is 0 Å². The van der Waals surface area contributed by atoms with Gasteiger partial charge in [0.1, 0.15) is 0 Å². The zero-order chi connectivity index (χ0) is 12.3. The van der Waals surface area contributed by atoms with Crippen LogP contribution in [0.2, 0.25) is 0 Å². The molecule has 1 N–H and O–H groups in total. The first-order valence-electron chi connectivity index (χ1n) is 7.15. The predicted molar refractivity (Wildman–Crippen MR) is 69.7 cm³/mol. The highest BCUT2D eigenvalue weighted by molar-refractivity contribution is 5.79. The molecule has 0 aromatic heterocycles. The number of nitrogens with one attached hydrogen (secondary N) is 1. The number of carbonyl (C=O) groups is 1. The summed E-state index contributed by atoms with van der Waals surface area (Å²) >= 11 is 0. The molecule has 1 aliphatic heterocycles. The summed E-state index contributed by atoms with van der Waals surface area (Å²) in [5.74, 6) is 2.03. The van der Waals surface area contributed by atoms with Gasteiger partial charge in [-0.3, -0.25) is 4.79 Å². The molecule has 0 aromatic carbocycles. The van der Waals surface area contributed by atoms with Crippen LogP contribution in [0.15, 0.2) is 0 Å². The Morgan fingerprint density at radius 2 is 2.12 bits per heavy atom. The Morgan fingerprint density at radius 1 is 1.29 bits per heavy atom. The molecule has 1 heterocycles. The molecule has 2 aliphatic rings. The molecule has 3 atom stereocenters. The molecule has 1 saturated heterocycles. The van der Waals surface area contributed by atoms with Crippen LogP contribution in [0, 0.1) is 17.8 Å². The maximum absolute atomic E-state index is 12.5. The third-order valence-electron chi connectivity index (χ3n) is 4.50. The molecular weight excluding hydrogens is 212 g/mol. The van der Waals surface area contributed by atoms with Crippen molar-refractivity contribution in [2.24, 2.45) is 17.8 Å². The fraction of sp³-hybridized carbons (Fsp3) is 0.929. The van der Waals surface area contributed by atoms with E-state index in [1.165, 1.54) is 25.7 Å². The Kier molecular flexibility index (Phi) is 4.43. The van der Waals surface area contributed by atoms with Crippen LogP contribution in [0.4, 0.5) is 0 Å². The summed E-state index contributed by atoms with van der Waals surface area (Å²) < 4.78 is 0. The largest absolute Gasteiger partial charge is 0.342 e. The first-order valence-corrected chi connectivity index (χ1v) is 7.15. The number of carbonyl (C=O) groups excluding carboxylic acids is 1. The molecule has 3 unspecified atom stereocenters. The molecule has 0 bridgehead atoms. The van der Waals surface area contributed by atoms with Gasteiger partial charge in [0.05, 0.1) is 0 Å². The topological polar surface area (TPSA) is 32.3 Å². The van der Waals surface area contributed by atoms with Crippen LogP contribution in [0.1, 0.15) is 39.0 Å². The molecule has 1 amide bonds. The highest BCUT2D eigenvalue weighted by atomic mass is 16.2. The van der Waals surface area contributed by atoms with Crippen molar-refractivity contribution in [3.05, 3.63) is 0 Å². The van der Waals surface area contributed by atoms with Crippen LogP contribution < -0.4 is 5.32 Å². The summed E-state index contributed by atoms with van der Waals surface area (Å²) in [6.45, 7) is 5.25. The lowest BCUT2D eigenvalue weighted by Gasteiger charge is -2.35. The van der Waals surface area contributed by atoms with Gasteiger partial charge in [-0.25, -0.2) is 0 Å². The van der Waals surface area contributed by atoms with E-state index >= 15 is 0 Å². The number of piperidine rings is 1. The zero-order valence-electron chi connectivity index (χ0n) is 11.2. The highest BCUT2D eigenvalue weighted by Gasteiger charge is 2.34. The van der Waals surface area contributed by atoms with Crippen molar-refractivity contribution in [1.29, 1.82) is 0 Å². The summed E-state index contributed by atoms with van der Waals surface area (Å²) in [7, 11) is 2.00. The van der Waals surface area contributed by atoms with Gasteiger partial charge in [-0.05, 0) is 51.1 Å². The van der Waals surface area contributed by atoms with Crippen molar-refractivity contribution in [2.45, 2.75) is 39.0 Å². The molecule has 98 valence electrons. The Hall–Kier alpha value is -0.570. The number of likely N-dealkylation sites (tertiary alicyclic amines) is 1. The van der Waals surface area contributed by atoms with Crippen molar-refractivity contribution in [1.82, 2.24) is 10.2 Å². The van der Waals surface area contributed by atoms with Crippen LogP contribution in [0.5, 0.6) is 0 Å². The number of hydrogen-bond donors (Lipinski definition) is 1. The van der Waals surface area contributed by atoms with Gasteiger partial charge in [0.25, 0.3) is 0 Å². The minimum absolute atomic E-state index is 0.323. The van der Waals surface area contributed by atoms with E-state index < -0.39 is 0 Å². The summed E-state index contributed by atoms with van der Waals surface area (Å²) in [5.41, 5.74) is 0. The maximum atomic E-state index is 12.5. The molecule has 1 saturated carbocycles. The minimum Gasteiger partial charge on any atom is -0.342 e. The van der Waals surface area contributed by atoms with Gasteiger partial charge >= 0.3 is 0 Å². The quantitative estimate of drug-likeness (QED) is 0.814. The second kappa shape index (κ2) is 5.85. The highest BCUT2D eigenvalue weighted by Crippen LogP contribution is 2.33. The molecule has 2 rings (SSSR count). The van der Waals surface area contributed by atoms with Crippen molar-refractivity contribution in [3.8, 4) is 0 Å². The normalized spacial score (nSPS) is 34.0. The number of hydrogen-bond acceptors (Lipinski definition) is 2. The second-order valence-electron chi connectivity index (χ2n) is 5.86. The number of rotatable bonds is 3. The van der Waals surface area contributed by atoms with Crippen molar-refractivity contribution in [3.63, 3.8) is 0 Å². The fourth-order valence-corrected chi connectivity index (χ4v) is 3.47. The SMILES string of the molecule is CNCC1CCCN(C(=O)C2CCCC2C)C1. The molecule has 0 aromatic rings. The summed E-state index contributed by atoms with van der Waals surface area (Å²) in [5, 5.41) is 3.24. The van der Waals surface area contributed by atoms with Crippen molar-refractivity contribution >= 4 is 5.91 Å². The Labute approximate surface area is 105 Å². The van der Waals surface area contributed by atoms with Crippen LogP contribution >= 0.6 is 0 Å². The number of amides is 1. The van der Waals surface area contributed by atoms with Crippen molar-refractivity contribution < 1.29 is 4.79 Å². The van der Waals surface area contributed by atoms with Crippen LogP contribution in [0.25, 0.3) is 0 Å². The summed E-state index contributed by atoms with van der Waals surface area (Å²) in [6.07, 6.45) is 6.05. The maximum Gasteiger partial charge on any atom is 0.225 e. The zero-order valence-corrected chi connectivity index (χ0v) is 11.2. The second-order valence-corrected chi connectivity index (χ2v) is 5.86. The monoisotopic (exact) mass is 238 g/mol. The van der Waals surface area contributed by atoms with Gasteiger partial charge in [0.2, 0.25) is 5.91 Å². The first-order chi connectivity index (χ1) is 8.22. The third kappa shape index (κ3) is 3.01. The Morgan fingerprint density at radius 3 is 2.76 bits per heavy atom. The van der Waals surface area contributed by atoms with Gasteiger partial charge < -0.3 is 10.2 Å². The fourth-order valence-electron chi connectivity index (χ4n) is 3.47. The summed E-state index contributed by atoms with van der Waals surface area (Å²) in [6, 6.07) is 0. The Bertz CT molecular complexity index is 265. The lowest BCUT2D eigenvalue weighted by molar-refractivity contribution is -0.138. The van der Waals surface area contributed by atoms with E-state index in [0.717, 1.165) is 26.1 Å². The first kappa shape index (κ1) is 12.9. The van der Waals surface area contributed by atoms with E-state index in [2.05, 4.69) is 17.1 Å². The average Bonchev–Trinajstić information content (AvgIpc) is 2.75. The smallest absolute Gasteiger partial charge is 0.225 e. The molecule has 3 heteroatoms. The molecule has 0 spiro atoms. The molecule has 1 aliphatic carbocycles. The third-order valence-corrected chi connectivity index (χ3v) is 4.50. The standard InChI is InChI=1S/C14H26N2O/c1-11-5-3-7-13(11)14(17)16-8-4-6-12(10-16)9-15-2/h11-13,15H,3-10H2,1-2H3. The van der Waals surface area contributed by atoms with E-state index in [1.807, 2.05) is 7.05 Å². The van der Waals surface area contributed by atoms with Crippen molar-refractivity contribution in [2.75, 3.05) is 26.7 Å². The molecule has 17 heavy (non-hydrogen) atoms. The van der Waals surface area contributed by atoms with Crippen LogP contribution in [-0.4, -0.2) is 37.5 Å². The minimum atomic E-state index is 0.323.